The summed E-state index contributed by atoms with van der Waals surface area (Å²) in [5.74, 6) is 0.711. The van der Waals surface area contributed by atoms with E-state index in [1.165, 1.54) is 24.0 Å². The zero-order valence-corrected chi connectivity index (χ0v) is 10.2. The minimum Gasteiger partial charge on any atom is -0.320 e. The first-order valence-corrected chi connectivity index (χ1v) is 6.05. The predicted octanol–water partition coefficient (Wildman–Crippen LogP) is 3.35. The zero-order chi connectivity index (χ0) is 11.1. The van der Waals surface area contributed by atoms with E-state index in [0.29, 0.717) is 5.92 Å². The van der Waals surface area contributed by atoms with E-state index in [2.05, 4.69) is 43.4 Å². The molecular formula is C14H23N. The Balaban J connectivity index is 2.65. The molecule has 0 aliphatic carbocycles. The lowest BCUT2D eigenvalue weighted by atomic mass is 9.92. The zero-order valence-electron chi connectivity index (χ0n) is 10.2. The molecule has 1 unspecified atom stereocenters. The van der Waals surface area contributed by atoms with Crippen LogP contribution in [0.3, 0.4) is 0 Å². The van der Waals surface area contributed by atoms with Crippen molar-refractivity contribution >= 4 is 0 Å². The SMILES string of the molecule is CCc1ccc(C(CC)CCNC)cc1. The van der Waals surface area contributed by atoms with Gasteiger partial charge in [-0.25, -0.2) is 0 Å². The van der Waals surface area contributed by atoms with Gasteiger partial charge in [-0.3, -0.25) is 0 Å². The Morgan fingerprint density at radius 2 is 1.80 bits per heavy atom. The van der Waals surface area contributed by atoms with E-state index in [0.717, 1.165) is 13.0 Å². The van der Waals surface area contributed by atoms with Crippen LogP contribution in [0, 0.1) is 0 Å². The van der Waals surface area contributed by atoms with Crippen molar-refractivity contribution in [2.75, 3.05) is 13.6 Å². The third-order valence-electron chi connectivity index (χ3n) is 3.09. The lowest BCUT2D eigenvalue weighted by Gasteiger charge is -2.15. The Bertz CT molecular complexity index is 263. The van der Waals surface area contributed by atoms with Crippen LogP contribution in [-0.2, 0) is 6.42 Å². The molecule has 0 heterocycles. The van der Waals surface area contributed by atoms with E-state index in [9.17, 15) is 0 Å². The molecule has 1 N–H and O–H groups in total. The van der Waals surface area contributed by atoms with Gasteiger partial charge in [-0.2, -0.15) is 0 Å². The van der Waals surface area contributed by atoms with Crippen LogP contribution in [-0.4, -0.2) is 13.6 Å². The summed E-state index contributed by atoms with van der Waals surface area (Å²) in [6.07, 6.45) is 3.60. The minimum atomic E-state index is 0.711. The van der Waals surface area contributed by atoms with E-state index in [1.54, 1.807) is 0 Å². The van der Waals surface area contributed by atoms with Gasteiger partial charge in [-0.1, -0.05) is 38.1 Å². The second kappa shape index (κ2) is 6.62. The van der Waals surface area contributed by atoms with Crippen LogP contribution >= 0.6 is 0 Å². The highest BCUT2D eigenvalue weighted by Gasteiger charge is 2.07. The number of aryl methyl sites for hydroxylation is 1. The first kappa shape index (κ1) is 12.3. The third-order valence-corrected chi connectivity index (χ3v) is 3.09. The average Bonchev–Trinajstić information content (AvgIpc) is 2.31. The summed E-state index contributed by atoms with van der Waals surface area (Å²) in [7, 11) is 2.02. The summed E-state index contributed by atoms with van der Waals surface area (Å²) in [5, 5.41) is 3.22. The molecule has 0 saturated heterocycles. The van der Waals surface area contributed by atoms with Gasteiger partial charge in [0.2, 0.25) is 0 Å². The fourth-order valence-electron chi connectivity index (χ4n) is 1.95. The average molecular weight is 205 g/mol. The van der Waals surface area contributed by atoms with Crippen molar-refractivity contribution in [1.29, 1.82) is 0 Å². The lowest BCUT2D eigenvalue weighted by Crippen LogP contribution is -2.11. The molecule has 0 aliphatic heterocycles. The van der Waals surface area contributed by atoms with Gasteiger partial charge >= 0.3 is 0 Å². The largest absolute Gasteiger partial charge is 0.320 e. The number of nitrogens with one attached hydrogen (secondary N) is 1. The van der Waals surface area contributed by atoms with Crippen LogP contribution in [0.25, 0.3) is 0 Å². The van der Waals surface area contributed by atoms with Gasteiger partial charge < -0.3 is 5.32 Å². The summed E-state index contributed by atoms with van der Waals surface area (Å²) in [6, 6.07) is 9.11. The van der Waals surface area contributed by atoms with Crippen molar-refractivity contribution in [3.63, 3.8) is 0 Å². The maximum atomic E-state index is 3.22. The molecule has 0 bridgehead atoms. The second-order valence-electron chi connectivity index (χ2n) is 4.09. The normalized spacial score (nSPS) is 12.7. The number of hydrogen-bond donors (Lipinski definition) is 1. The highest BCUT2D eigenvalue weighted by Crippen LogP contribution is 2.23. The molecule has 1 rings (SSSR count). The Labute approximate surface area is 93.9 Å². The van der Waals surface area contributed by atoms with Gasteiger partial charge in [0.05, 0.1) is 0 Å². The molecule has 0 saturated carbocycles. The predicted molar refractivity (Wildman–Crippen MR) is 67.4 cm³/mol. The van der Waals surface area contributed by atoms with Crippen molar-refractivity contribution < 1.29 is 0 Å². The molecular weight excluding hydrogens is 182 g/mol. The molecule has 0 aromatic heterocycles. The first-order chi connectivity index (χ1) is 7.31. The summed E-state index contributed by atoms with van der Waals surface area (Å²) < 4.78 is 0. The van der Waals surface area contributed by atoms with Gasteiger partial charge in [0.1, 0.15) is 0 Å². The number of rotatable bonds is 6. The van der Waals surface area contributed by atoms with Crippen molar-refractivity contribution in [2.45, 2.75) is 39.0 Å². The van der Waals surface area contributed by atoms with Crippen LogP contribution < -0.4 is 5.32 Å². The van der Waals surface area contributed by atoms with Crippen LogP contribution in [0.4, 0.5) is 0 Å². The van der Waals surface area contributed by atoms with E-state index >= 15 is 0 Å². The summed E-state index contributed by atoms with van der Waals surface area (Å²) in [5.41, 5.74) is 2.92. The molecule has 15 heavy (non-hydrogen) atoms. The highest BCUT2D eigenvalue weighted by atomic mass is 14.8. The van der Waals surface area contributed by atoms with Crippen molar-refractivity contribution in [3.8, 4) is 0 Å². The molecule has 0 amide bonds. The third kappa shape index (κ3) is 3.67. The fourth-order valence-corrected chi connectivity index (χ4v) is 1.95. The smallest absolute Gasteiger partial charge is 0.00461 e. The van der Waals surface area contributed by atoms with Crippen LogP contribution in [0.15, 0.2) is 24.3 Å². The molecule has 1 atom stereocenters. The minimum absolute atomic E-state index is 0.711. The Kier molecular flexibility index (Phi) is 5.41. The Morgan fingerprint density at radius 1 is 1.13 bits per heavy atom. The quantitative estimate of drug-likeness (QED) is 0.751. The first-order valence-electron chi connectivity index (χ1n) is 6.05. The maximum absolute atomic E-state index is 3.22. The van der Waals surface area contributed by atoms with Crippen molar-refractivity contribution in [1.82, 2.24) is 5.32 Å². The molecule has 0 spiro atoms. The van der Waals surface area contributed by atoms with Crippen LogP contribution in [0.2, 0.25) is 0 Å². The van der Waals surface area contributed by atoms with Crippen LogP contribution in [0.1, 0.15) is 43.7 Å². The molecule has 1 aromatic carbocycles. The molecule has 84 valence electrons. The highest BCUT2D eigenvalue weighted by molar-refractivity contribution is 5.25. The maximum Gasteiger partial charge on any atom is -0.00461 e. The van der Waals surface area contributed by atoms with E-state index in [4.69, 9.17) is 0 Å². The Hall–Kier alpha value is -0.820. The van der Waals surface area contributed by atoms with Crippen molar-refractivity contribution in [2.24, 2.45) is 0 Å². The van der Waals surface area contributed by atoms with Gasteiger partial charge in [-0.15, -0.1) is 0 Å². The number of benzene rings is 1. The molecule has 1 heteroatoms. The van der Waals surface area contributed by atoms with E-state index in [-0.39, 0.29) is 0 Å². The topological polar surface area (TPSA) is 12.0 Å². The monoisotopic (exact) mass is 205 g/mol. The summed E-state index contributed by atoms with van der Waals surface area (Å²) >= 11 is 0. The Morgan fingerprint density at radius 3 is 2.27 bits per heavy atom. The van der Waals surface area contributed by atoms with E-state index < -0.39 is 0 Å². The molecule has 1 aromatic rings. The van der Waals surface area contributed by atoms with Crippen LogP contribution in [0.5, 0.6) is 0 Å². The summed E-state index contributed by atoms with van der Waals surface area (Å²) in [6.45, 7) is 5.58. The molecule has 0 aliphatic rings. The van der Waals surface area contributed by atoms with E-state index in [1.807, 2.05) is 7.05 Å². The van der Waals surface area contributed by atoms with Gasteiger partial charge in [0, 0.05) is 0 Å². The van der Waals surface area contributed by atoms with Gasteiger partial charge in [0.15, 0.2) is 0 Å². The lowest BCUT2D eigenvalue weighted by molar-refractivity contribution is 0.581. The van der Waals surface area contributed by atoms with Gasteiger partial charge in [0.25, 0.3) is 0 Å². The molecule has 0 fully saturated rings. The number of hydrogen-bond acceptors (Lipinski definition) is 1. The van der Waals surface area contributed by atoms with Crippen molar-refractivity contribution in [3.05, 3.63) is 35.4 Å². The standard InChI is InChI=1S/C14H23N/c1-4-12-6-8-14(9-7-12)13(5-2)10-11-15-3/h6-9,13,15H,4-5,10-11H2,1-3H3. The fraction of sp³-hybridized carbons (Fsp3) is 0.571. The second-order valence-corrected chi connectivity index (χ2v) is 4.09. The molecule has 1 nitrogen and oxygen atoms in total. The molecule has 0 radical (unpaired) electrons. The van der Waals surface area contributed by atoms with Gasteiger partial charge in [-0.05, 0) is 49.9 Å². The summed E-state index contributed by atoms with van der Waals surface area (Å²) in [4.78, 5) is 0.